The van der Waals surface area contributed by atoms with Gasteiger partial charge in [0.1, 0.15) is 28.6 Å². The molecule has 0 bridgehead atoms. The third-order valence-corrected chi connectivity index (χ3v) is 9.03. The fraction of sp³-hybridized carbons (Fsp3) is 0.536. The number of ketones is 2. The van der Waals surface area contributed by atoms with E-state index in [0.717, 1.165) is 31.5 Å². The molecule has 11 nitrogen and oxygen atoms in total. The van der Waals surface area contributed by atoms with Gasteiger partial charge in [-0.05, 0) is 64.9 Å². The number of hydrogen-bond donors (Lipinski definition) is 5. The van der Waals surface area contributed by atoms with Crippen molar-refractivity contribution in [3.63, 3.8) is 0 Å². The summed E-state index contributed by atoms with van der Waals surface area (Å²) in [4.78, 5) is 43.1. The van der Waals surface area contributed by atoms with Crippen LogP contribution in [-0.4, -0.2) is 93.6 Å². The fourth-order valence-electron chi connectivity index (χ4n) is 7.36. The number of amides is 1. The van der Waals surface area contributed by atoms with Crippen LogP contribution in [0, 0.1) is 11.8 Å². The van der Waals surface area contributed by atoms with Crippen LogP contribution in [0.5, 0.6) is 11.5 Å². The normalized spacial score (nSPS) is 30.1. The summed E-state index contributed by atoms with van der Waals surface area (Å²) in [5.74, 6) is -6.17. The third-order valence-electron chi connectivity index (χ3n) is 9.03. The minimum Gasteiger partial charge on any atom is -0.508 e. The Kier molecular flexibility index (Phi) is 7.74. The summed E-state index contributed by atoms with van der Waals surface area (Å²) in [6.45, 7) is 3.81. The Hall–Kier alpha value is -3.12. The van der Waals surface area contributed by atoms with Gasteiger partial charge < -0.3 is 30.9 Å². The van der Waals surface area contributed by atoms with Crippen molar-refractivity contribution in [1.29, 1.82) is 0 Å². The number of ether oxygens (including phenoxy) is 1. The molecule has 1 saturated carbocycles. The number of likely N-dealkylation sites (tertiary alicyclic amines) is 1. The van der Waals surface area contributed by atoms with E-state index in [1.165, 1.54) is 12.0 Å². The second-order valence-corrected chi connectivity index (χ2v) is 11.1. The van der Waals surface area contributed by atoms with E-state index < -0.39 is 58.0 Å². The highest BCUT2D eigenvalue weighted by Gasteiger charge is 2.64. The molecule has 0 unspecified atom stereocenters. The minimum atomic E-state index is -2.66. The predicted octanol–water partition coefficient (Wildman–Crippen LogP) is 1.55. The topological polar surface area (TPSA) is 174 Å². The molecule has 1 saturated heterocycles. The summed E-state index contributed by atoms with van der Waals surface area (Å²) in [6, 6.07) is 0.457. The second-order valence-electron chi connectivity index (χ2n) is 11.1. The number of Topliss-reactive ketones (excluding diaryl/α,β-unsaturated/α-hetero) is 2. The van der Waals surface area contributed by atoms with Gasteiger partial charge in [0.05, 0.1) is 18.7 Å². The largest absolute Gasteiger partial charge is 0.508 e. The molecule has 0 aromatic heterocycles. The molecule has 2 fully saturated rings. The fourth-order valence-corrected chi connectivity index (χ4v) is 7.36. The van der Waals surface area contributed by atoms with Crippen LogP contribution in [0.4, 0.5) is 0 Å². The van der Waals surface area contributed by atoms with Crippen LogP contribution in [0.2, 0.25) is 0 Å². The molecular formula is C28H36ClN3O8. The molecular weight excluding hydrogens is 542 g/mol. The zero-order chi connectivity index (χ0) is 28.5. The average molecular weight is 578 g/mol. The molecule has 1 heterocycles. The molecule has 1 aliphatic heterocycles. The Morgan fingerprint density at radius 3 is 2.50 bits per heavy atom. The van der Waals surface area contributed by atoms with Crippen LogP contribution in [-0.2, 0) is 20.8 Å². The summed E-state index contributed by atoms with van der Waals surface area (Å²) in [7, 11) is 4.67. The van der Waals surface area contributed by atoms with Crippen LogP contribution >= 0.6 is 12.4 Å². The van der Waals surface area contributed by atoms with Crippen LogP contribution in [0.15, 0.2) is 23.0 Å². The number of aliphatic hydroxyl groups is 3. The summed E-state index contributed by atoms with van der Waals surface area (Å²) in [5, 5.41) is 45.2. The number of hydrogen-bond acceptors (Lipinski definition) is 10. The number of methoxy groups -OCH3 is 1. The van der Waals surface area contributed by atoms with Gasteiger partial charge in [-0.3, -0.25) is 24.2 Å². The van der Waals surface area contributed by atoms with Crippen LogP contribution < -0.4 is 10.5 Å². The summed E-state index contributed by atoms with van der Waals surface area (Å²) in [6.07, 6.45) is 2.10. The van der Waals surface area contributed by atoms with E-state index in [1.54, 1.807) is 20.2 Å². The van der Waals surface area contributed by atoms with E-state index in [1.807, 2.05) is 0 Å². The number of primary amides is 1. The van der Waals surface area contributed by atoms with Crippen molar-refractivity contribution in [3.05, 3.63) is 39.7 Å². The Balaban J connectivity index is 0.00000370. The van der Waals surface area contributed by atoms with Crippen molar-refractivity contribution < 1.29 is 39.5 Å². The van der Waals surface area contributed by atoms with E-state index in [0.29, 0.717) is 11.3 Å². The molecule has 6 N–H and O–H groups in total. The van der Waals surface area contributed by atoms with Crippen molar-refractivity contribution in [3.8, 4) is 11.5 Å². The summed E-state index contributed by atoms with van der Waals surface area (Å²) in [5.41, 5.74) is 3.08. The predicted molar refractivity (Wildman–Crippen MR) is 147 cm³/mol. The lowest BCUT2D eigenvalue weighted by molar-refractivity contribution is -0.153. The zero-order valence-corrected chi connectivity index (χ0v) is 23.7. The molecule has 5 rings (SSSR count). The van der Waals surface area contributed by atoms with Crippen molar-refractivity contribution in [2.24, 2.45) is 17.6 Å². The molecule has 1 aromatic carbocycles. The Labute approximate surface area is 238 Å². The first-order valence-electron chi connectivity index (χ1n) is 13.2. The van der Waals surface area contributed by atoms with Gasteiger partial charge in [-0.2, -0.15) is 0 Å². The molecule has 4 aliphatic rings. The van der Waals surface area contributed by atoms with E-state index >= 15 is 0 Å². The van der Waals surface area contributed by atoms with E-state index in [9.17, 15) is 34.8 Å². The lowest BCUT2D eigenvalue weighted by atomic mass is 9.57. The van der Waals surface area contributed by atoms with E-state index in [-0.39, 0.29) is 48.2 Å². The first kappa shape index (κ1) is 29.9. The Morgan fingerprint density at radius 1 is 1.25 bits per heavy atom. The Morgan fingerprint density at radius 2 is 1.93 bits per heavy atom. The average Bonchev–Trinajstić information content (AvgIpc) is 3.34. The monoisotopic (exact) mass is 577 g/mol. The maximum atomic E-state index is 13.9. The van der Waals surface area contributed by atoms with Crippen LogP contribution in [0.3, 0.4) is 0 Å². The highest BCUT2D eigenvalue weighted by molar-refractivity contribution is 6.24. The van der Waals surface area contributed by atoms with Crippen molar-refractivity contribution in [2.75, 3.05) is 34.3 Å². The van der Waals surface area contributed by atoms with Crippen molar-refractivity contribution >= 4 is 35.6 Å². The number of phenolic OH excluding ortho intramolecular Hbond substituents is 1. The lowest BCUT2D eigenvalue weighted by Gasteiger charge is -2.50. The summed E-state index contributed by atoms with van der Waals surface area (Å²) >= 11 is 0. The van der Waals surface area contributed by atoms with Crippen molar-refractivity contribution in [1.82, 2.24) is 9.80 Å². The minimum absolute atomic E-state index is 0. The van der Waals surface area contributed by atoms with Gasteiger partial charge in [-0.25, -0.2) is 0 Å². The maximum Gasteiger partial charge on any atom is 0.255 e. The molecule has 1 amide bonds. The SMILES string of the molecule is CCN1CCC[C@H]1c1cc(O)c2c(c1OC)C[C@H]1C[C@H]3[C@H](N(C)C)C(=O)C(C(N)=O)=C(O)[C@@]3(O)C(=O)C1=C2O.Cl. The first-order chi connectivity index (χ1) is 18.4. The number of benzene rings is 1. The van der Waals surface area contributed by atoms with E-state index in [2.05, 4.69) is 11.8 Å². The molecule has 218 valence electrons. The van der Waals surface area contributed by atoms with Gasteiger partial charge in [0.25, 0.3) is 5.91 Å². The number of halogens is 1. The number of fused-ring (bicyclic) bond motifs is 3. The standard InChI is InChI=1S/C28H35N3O8.ClH/c1-5-31-8-6-7-16(31)13-11-17(32)19-14(24(13)39-4)9-12-10-15-21(30(2)3)23(34)20(27(29)37)26(36)28(15,38)25(35)18(12)22(19)33;/h11-12,15-16,21,32-33,36,38H,5-10H2,1-4H3,(H2,29,37);1H/t12-,15-,16-,21-,28-;/m0./s1. The molecule has 12 heteroatoms. The van der Waals surface area contributed by atoms with Gasteiger partial charge in [0.15, 0.2) is 11.4 Å². The van der Waals surface area contributed by atoms with Crippen LogP contribution in [0.1, 0.15) is 48.9 Å². The number of nitrogens with two attached hydrogens (primary N) is 1. The molecule has 3 aliphatic carbocycles. The van der Waals surface area contributed by atoms with Crippen molar-refractivity contribution in [2.45, 2.75) is 50.3 Å². The second kappa shape index (κ2) is 10.4. The lowest BCUT2D eigenvalue weighted by Crippen LogP contribution is -2.65. The van der Waals surface area contributed by atoms with Crippen LogP contribution in [0.25, 0.3) is 5.76 Å². The number of carbonyl (C=O) groups is 3. The van der Waals surface area contributed by atoms with Gasteiger partial charge in [-0.1, -0.05) is 6.92 Å². The molecule has 40 heavy (non-hydrogen) atoms. The first-order valence-corrected chi connectivity index (χ1v) is 13.2. The zero-order valence-electron chi connectivity index (χ0n) is 22.9. The number of likely N-dealkylation sites (N-methyl/N-ethyl adjacent to an activating group) is 1. The van der Waals surface area contributed by atoms with Gasteiger partial charge in [-0.15, -0.1) is 12.4 Å². The molecule has 0 radical (unpaired) electrons. The number of carbonyl (C=O) groups excluding carboxylic acids is 3. The third kappa shape index (κ3) is 3.93. The van der Waals surface area contributed by atoms with E-state index in [4.69, 9.17) is 10.5 Å². The Bertz CT molecular complexity index is 1360. The number of aromatic hydroxyl groups is 1. The summed E-state index contributed by atoms with van der Waals surface area (Å²) < 4.78 is 5.85. The molecule has 0 spiro atoms. The quantitative estimate of drug-likeness (QED) is 0.323. The molecule has 5 atom stereocenters. The number of rotatable bonds is 5. The maximum absolute atomic E-state index is 13.9. The highest BCUT2D eigenvalue weighted by atomic mass is 35.5. The van der Waals surface area contributed by atoms with Gasteiger partial charge >= 0.3 is 0 Å². The van der Waals surface area contributed by atoms with Gasteiger partial charge in [0.2, 0.25) is 5.78 Å². The number of aliphatic hydroxyl groups excluding tert-OH is 2. The number of nitrogens with zero attached hydrogens (tertiary/aromatic N) is 2. The molecule has 1 aromatic rings. The number of phenols is 1. The van der Waals surface area contributed by atoms with Gasteiger partial charge in [0, 0.05) is 28.7 Å². The highest BCUT2D eigenvalue weighted by Crippen LogP contribution is 2.55. The smallest absolute Gasteiger partial charge is 0.255 e.